The van der Waals surface area contributed by atoms with E-state index in [1.807, 2.05) is 19.1 Å². The smallest absolute Gasteiger partial charge is 0.308 e. The summed E-state index contributed by atoms with van der Waals surface area (Å²) >= 11 is 0. The summed E-state index contributed by atoms with van der Waals surface area (Å²) in [6.07, 6.45) is 3.16. The summed E-state index contributed by atoms with van der Waals surface area (Å²) in [6.45, 7) is 3.41. The average Bonchev–Trinajstić information content (AvgIpc) is 2.85. The predicted octanol–water partition coefficient (Wildman–Crippen LogP) is 1.34. The van der Waals surface area contributed by atoms with E-state index in [1.54, 1.807) is 4.52 Å². The zero-order chi connectivity index (χ0) is 13.4. The molecule has 0 bridgehead atoms. The molecule has 0 amide bonds. The Morgan fingerprint density at radius 2 is 2.32 bits per heavy atom. The number of hydrogen-bond donors (Lipinski definition) is 1. The van der Waals surface area contributed by atoms with Crippen molar-refractivity contribution in [2.24, 2.45) is 5.92 Å². The summed E-state index contributed by atoms with van der Waals surface area (Å²) in [4.78, 5) is 17.4. The number of aryl methyl sites for hydroxylation is 1. The van der Waals surface area contributed by atoms with Crippen LogP contribution in [0.3, 0.4) is 0 Å². The molecule has 3 rings (SSSR count). The molecule has 0 spiro atoms. The van der Waals surface area contributed by atoms with Gasteiger partial charge in [0.2, 0.25) is 0 Å². The zero-order valence-corrected chi connectivity index (χ0v) is 10.8. The van der Waals surface area contributed by atoms with Gasteiger partial charge in [0.15, 0.2) is 5.65 Å². The van der Waals surface area contributed by atoms with Crippen molar-refractivity contribution in [1.29, 1.82) is 0 Å². The molecule has 2 aromatic rings. The molecule has 1 fully saturated rings. The number of anilines is 1. The summed E-state index contributed by atoms with van der Waals surface area (Å²) < 4.78 is 1.78. The van der Waals surface area contributed by atoms with Crippen LogP contribution in [0.1, 0.15) is 18.4 Å². The lowest BCUT2D eigenvalue weighted by atomic mass is 9.98. The van der Waals surface area contributed by atoms with Crippen molar-refractivity contribution in [3.8, 4) is 0 Å². The molecule has 0 saturated carbocycles. The van der Waals surface area contributed by atoms with Gasteiger partial charge in [-0.25, -0.2) is 4.98 Å². The van der Waals surface area contributed by atoms with Gasteiger partial charge in [0.25, 0.3) is 0 Å². The molecule has 6 nitrogen and oxygen atoms in total. The maximum absolute atomic E-state index is 11.2. The number of fused-ring (bicyclic) bond motifs is 1. The number of nitrogens with zero attached hydrogens (tertiary/aromatic N) is 4. The molecule has 0 radical (unpaired) electrons. The second-order valence-corrected chi connectivity index (χ2v) is 5.04. The minimum Gasteiger partial charge on any atom is -0.481 e. The highest BCUT2D eigenvalue weighted by Gasteiger charge is 2.26. The van der Waals surface area contributed by atoms with E-state index in [0.717, 1.165) is 36.4 Å². The quantitative estimate of drug-likeness (QED) is 0.882. The van der Waals surface area contributed by atoms with Crippen LogP contribution in [0.25, 0.3) is 5.65 Å². The number of carboxylic acid groups (broad SMARTS) is 1. The maximum atomic E-state index is 11.2. The maximum Gasteiger partial charge on any atom is 0.308 e. The van der Waals surface area contributed by atoms with Crippen molar-refractivity contribution < 1.29 is 9.90 Å². The summed E-state index contributed by atoms with van der Waals surface area (Å²) in [7, 11) is 0. The number of aliphatic carboxylic acids is 1. The number of aromatic nitrogens is 3. The Morgan fingerprint density at radius 1 is 1.47 bits per heavy atom. The van der Waals surface area contributed by atoms with Crippen LogP contribution in [0.15, 0.2) is 18.5 Å². The number of carboxylic acids is 1. The van der Waals surface area contributed by atoms with Gasteiger partial charge < -0.3 is 10.0 Å². The highest BCUT2D eigenvalue weighted by atomic mass is 16.4. The van der Waals surface area contributed by atoms with Crippen LogP contribution in [0.5, 0.6) is 0 Å². The molecule has 1 atom stereocenters. The van der Waals surface area contributed by atoms with Crippen molar-refractivity contribution in [2.75, 3.05) is 18.0 Å². The Hall–Kier alpha value is -2.11. The molecule has 0 aliphatic carbocycles. The van der Waals surface area contributed by atoms with Crippen molar-refractivity contribution >= 4 is 17.4 Å². The number of rotatable bonds is 2. The summed E-state index contributed by atoms with van der Waals surface area (Å²) in [5.41, 5.74) is 1.90. The number of piperidine rings is 1. The molecule has 1 unspecified atom stereocenters. The molecule has 2 aromatic heterocycles. The first-order chi connectivity index (χ1) is 9.15. The Bertz CT molecular complexity index is 622. The fourth-order valence-electron chi connectivity index (χ4n) is 2.65. The van der Waals surface area contributed by atoms with Crippen LogP contribution >= 0.6 is 0 Å². The summed E-state index contributed by atoms with van der Waals surface area (Å²) in [5, 5.41) is 13.4. The second-order valence-electron chi connectivity index (χ2n) is 5.04. The first-order valence-corrected chi connectivity index (χ1v) is 6.43. The lowest BCUT2D eigenvalue weighted by molar-refractivity contribution is -0.141. The molecular weight excluding hydrogens is 244 g/mol. The average molecular weight is 260 g/mol. The summed E-state index contributed by atoms with van der Waals surface area (Å²) in [5.74, 6) is -0.0847. The fraction of sp³-hybridized carbons (Fsp3) is 0.462. The molecule has 100 valence electrons. The van der Waals surface area contributed by atoms with Gasteiger partial charge in [-0.05, 0) is 37.5 Å². The Kier molecular flexibility index (Phi) is 2.85. The third-order valence-electron chi connectivity index (χ3n) is 3.60. The first kappa shape index (κ1) is 12.0. The lowest BCUT2D eigenvalue weighted by Crippen LogP contribution is -2.39. The van der Waals surface area contributed by atoms with Gasteiger partial charge in [0.05, 0.1) is 5.92 Å². The molecule has 1 aliphatic rings. The van der Waals surface area contributed by atoms with E-state index in [0.29, 0.717) is 6.54 Å². The van der Waals surface area contributed by atoms with Crippen LogP contribution in [-0.4, -0.2) is 38.8 Å². The van der Waals surface area contributed by atoms with E-state index in [-0.39, 0.29) is 5.92 Å². The minimum atomic E-state index is -0.716. The SMILES string of the molecule is Cc1cc(N2CCCC(C(=O)O)C2)n2ncnc2c1. The van der Waals surface area contributed by atoms with E-state index in [2.05, 4.69) is 15.0 Å². The van der Waals surface area contributed by atoms with Gasteiger partial charge in [-0.15, -0.1) is 0 Å². The van der Waals surface area contributed by atoms with Crippen molar-refractivity contribution in [1.82, 2.24) is 14.6 Å². The highest BCUT2D eigenvalue weighted by Crippen LogP contribution is 2.24. The van der Waals surface area contributed by atoms with Crippen LogP contribution in [-0.2, 0) is 4.79 Å². The van der Waals surface area contributed by atoms with E-state index in [4.69, 9.17) is 5.11 Å². The fourth-order valence-corrected chi connectivity index (χ4v) is 2.65. The van der Waals surface area contributed by atoms with Gasteiger partial charge in [-0.2, -0.15) is 9.61 Å². The normalized spacial score (nSPS) is 19.8. The molecule has 1 aliphatic heterocycles. The van der Waals surface area contributed by atoms with E-state index in [1.165, 1.54) is 6.33 Å². The van der Waals surface area contributed by atoms with E-state index < -0.39 is 5.97 Å². The molecule has 19 heavy (non-hydrogen) atoms. The lowest BCUT2D eigenvalue weighted by Gasteiger charge is -2.32. The molecule has 1 saturated heterocycles. The monoisotopic (exact) mass is 260 g/mol. The van der Waals surface area contributed by atoms with Gasteiger partial charge in [-0.3, -0.25) is 4.79 Å². The van der Waals surface area contributed by atoms with Crippen molar-refractivity contribution in [3.63, 3.8) is 0 Å². The molecule has 6 heteroatoms. The molecule has 1 N–H and O–H groups in total. The second kappa shape index (κ2) is 4.53. The zero-order valence-electron chi connectivity index (χ0n) is 10.8. The van der Waals surface area contributed by atoms with Crippen LogP contribution in [0, 0.1) is 12.8 Å². The Labute approximate surface area is 110 Å². The standard InChI is InChI=1S/C13H16N4O2/c1-9-5-11-14-8-15-17(11)12(6-9)16-4-2-3-10(7-16)13(18)19/h5-6,8,10H,2-4,7H2,1H3,(H,18,19). The molecular formula is C13H16N4O2. The van der Waals surface area contributed by atoms with E-state index in [9.17, 15) is 4.79 Å². The van der Waals surface area contributed by atoms with Crippen molar-refractivity contribution in [3.05, 3.63) is 24.0 Å². The third-order valence-corrected chi connectivity index (χ3v) is 3.60. The molecule has 3 heterocycles. The number of carbonyl (C=O) groups is 1. The molecule has 0 aromatic carbocycles. The minimum absolute atomic E-state index is 0.298. The van der Waals surface area contributed by atoms with E-state index >= 15 is 0 Å². The largest absolute Gasteiger partial charge is 0.481 e. The van der Waals surface area contributed by atoms with Crippen molar-refractivity contribution in [2.45, 2.75) is 19.8 Å². The summed E-state index contributed by atoms with van der Waals surface area (Å²) in [6, 6.07) is 4.00. The van der Waals surface area contributed by atoms with Gasteiger partial charge >= 0.3 is 5.97 Å². The van der Waals surface area contributed by atoms with Gasteiger partial charge in [-0.1, -0.05) is 0 Å². The first-order valence-electron chi connectivity index (χ1n) is 6.43. The van der Waals surface area contributed by atoms with Crippen LogP contribution in [0.2, 0.25) is 0 Å². The Morgan fingerprint density at radius 3 is 3.11 bits per heavy atom. The van der Waals surface area contributed by atoms with Gasteiger partial charge in [0, 0.05) is 13.1 Å². The number of hydrogen-bond acceptors (Lipinski definition) is 4. The topological polar surface area (TPSA) is 70.7 Å². The van der Waals surface area contributed by atoms with Crippen LogP contribution in [0.4, 0.5) is 5.82 Å². The van der Waals surface area contributed by atoms with Crippen LogP contribution < -0.4 is 4.90 Å². The third kappa shape index (κ3) is 2.14. The Balaban J connectivity index is 1.99. The predicted molar refractivity (Wildman–Crippen MR) is 70.3 cm³/mol. The number of pyridine rings is 1. The highest BCUT2D eigenvalue weighted by molar-refractivity contribution is 5.71. The van der Waals surface area contributed by atoms with Gasteiger partial charge in [0.1, 0.15) is 12.1 Å².